The van der Waals surface area contributed by atoms with Gasteiger partial charge in [-0.2, -0.15) is 0 Å². The van der Waals surface area contributed by atoms with Crippen LogP contribution in [-0.4, -0.2) is 54.5 Å². The van der Waals surface area contributed by atoms with E-state index in [2.05, 4.69) is 15.1 Å². The molecule has 8 nitrogen and oxygen atoms in total. The summed E-state index contributed by atoms with van der Waals surface area (Å²) in [4.78, 5) is 28.3. The average molecular weight is 289 g/mol. The molecule has 0 aromatic heterocycles. The van der Waals surface area contributed by atoms with Crippen LogP contribution in [-0.2, 0) is 9.57 Å². The minimum atomic E-state index is -0.840. The van der Waals surface area contributed by atoms with E-state index in [1.54, 1.807) is 13.8 Å². The number of ether oxygens (including phenoxy) is 1. The summed E-state index contributed by atoms with van der Waals surface area (Å²) in [6.07, 6.45) is 1.45. The van der Waals surface area contributed by atoms with Crippen molar-refractivity contribution in [1.29, 1.82) is 0 Å². The summed E-state index contributed by atoms with van der Waals surface area (Å²) in [6, 6.07) is 0. The van der Waals surface area contributed by atoms with Gasteiger partial charge in [0, 0.05) is 18.6 Å². The molecule has 20 heavy (non-hydrogen) atoms. The number of piperidine rings is 1. The van der Waals surface area contributed by atoms with Gasteiger partial charge >= 0.3 is 6.09 Å². The van der Waals surface area contributed by atoms with Crippen LogP contribution in [0.15, 0.2) is 0 Å². The van der Waals surface area contributed by atoms with E-state index in [4.69, 9.17) is 4.74 Å². The van der Waals surface area contributed by atoms with Gasteiger partial charge in [0.25, 0.3) is 5.09 Å². The summed E-state index contributed by atoms with van der Waals surface area (Å²) in [5, 5.41) is 11.9. The third-order valence-corrected chi connectivity index (χ3v) is 3.30. The van der Waals surface area contributed by atoms with Gasteiger partial charge in [0.2, 0.25) is 0 Å². The molecule has 116 valence electrons. The quantitative estimate of drug-likeness (QED) is 0.583. The predicted octanol–water partition coefficient (Wildman–Crippen LogP) is 1.18. The van der Waals surface area contributed by atoms with Crippen molar-refractivity contribution in [3.05, 3.63) is 10.1 Å². The van der Waals surface area contributed by atoms with E-state index in [9.17, 15) is 14.9 Å². The second kappa shape index (κ2) is 7.28. The molecule has 0 aromatic carbocycles. The van der Waals surface area contributed by atoms with Gasteiger partial charge in [-0.1, -0.05) is 0 Å². The van der Waals surface area contributed by atoms with Gasteiger partial charge < -0.3 is 19.8 Å². The molecular formula is C12H23N3O5. The maximum absolute atomic E-state index is 11.8. The van der Waals surface area contributed by atoms with Crippen LogP contribution in [0.4, 0.5) is 4.79 Å². The zero-order chi connectivity index (χ0) is 15.2. The number of amides is 1. The summed E-state index contributed by atoms with van der Waals surface area (Å²) < 4.78 is 5.35. The molecule has 1 saturated heterocycles. The van der Waals surface area contributed by atoms with E-state index in [1.165, 1.54) is 0 Å². The van der Waals surface area contributed by atoms with Gasteiger partial charge in [0.1, 0.15) is 6.10 Å². The first-order valence-electron chi connectivity index (χ1n) is 6.73. The third kappa shape index (κ3) is 6.55. The number of nitrogens with one attached hydrogen (secondary N) is 1. The highest BCUT2D eigenvalue weighted by Crippen LogP contribution is 2.14. The van der Waals surface area contributed by atoms with Crippen molar-refractivity contribution in [2.24, 2.45) is 0 Å². The van der Waals surface area contributed by atoms with E-state index in [0.717, 1.165) is 25.9 Å². The molecule has 1 N–H and O–H groups in total. The van der Waals surface area contributed by atoms with Crippen molar-refractivity contribution in [3.8, 4) is 0 Å². The molecule has 1 amide bonds. The van der Waals surface area contributed by atoms with Crippen LogP contribution in [0.3, 0.4) is 0 Å². The Morgan fingerprint density at radius 2 is 2.05 bits per heavy atom. The van der Waals surface area contributed by atoms with Gasteiger partial charge in [0.05, 0.1) is 6.61 Å². The first-order chi connectivity index (χ1) is 9.28. The highest BCUT2D eigenvalue weighted by molar-refractivity contribution is 5.68. The number of hydrogen-bond donors (Lipinski definition) is 1. The molecule has 0 spiro atoms. The fourth-order valence-electron chi connectivity index (χ4n) is 2.00. The lowest BCUT2D eigenvalue weighted by atomic mass is 10.0. The molecule has 0 radical (unpaired) electrons. The zero-order valence-corrected chi connectivity index (χ0v) is 12.3. The molecule has 0 aromatic rings. The van der Waals surface area contributed by atoms with Gasteiger partial charge in [0.15, 0.2) is 0 Å². The molecule has 1 heterocycles. The first-order valence-corrected chi connectivity index (χ1v) is 6.73. The molecule has 1 rings (SSSR count). The van der Waals surface area contributed by atoms with Crippen LogP contribution in [0, 0.1) is 10.1 Å². The van der Waals surface area contributed by atoms with Crippen LogP contribution < -0.4 is 5.32 Å². The smallest absolute Gasteiger partial charge is 0.407 e. The highest BCUT2D eigenvalue weighted by atomic mass is 16.9. The standard InChI is InChI=1S/C12H23N3O5/c1-12(2,6-9-19-15(17)18)13-11(16)20-10-4-7-14(3)8-5-10/h10H,4-9H2,1-3H3,(H,13,16). The third-order valence-electron chi connectivity index (χ3n) is 3.30. The molecule has 1 fully saturated rings. The number of alkyl carbamates (subject to hydrolysis) is 1. The monoisotopic (exact) mass is 289 g/mol. The molecule has 8 heteroatoms. The second-order valence-electron chi connectivity index (χ2n) is 5.72. The van der Waals surface area contributed by atoms with Gasteiger partial charge in [-0.05, 0) is 40.2 Å². The Bertz CT molecular complexity index is 340. The van der Waals surface area contributed by atoms with Gasteiger partial charge in [-0.3, -0.25) is 0 Å². The van der Waals surface area contributed by atoms with Crippen LogP contribution in [0.1, 0.15) is 33.1 Å². The van der Waals surface area contributed by atoms with E-state index in [-0.39, 0.29) is 12.7 Å². The lowest BCUT2D eigenvalue weighted by Crippen LogP contribution is -2.46. The number of likely N-dealkylation sites (tertiary alicyclic amines) is 1. The van der Waals surface area contributed by atoms with Crippen molar-refractivity contribution in [1.82, 2.24) is 10.2 Å². The van der Waals surface area contributed by atoms with Crippen molar-refractivity contribution in [3.63, 3.8) is 0 Å². The van der Waals surface area contributed by atoms with E-state index < -0.39 is 16.7 Å². The average Bonchev–Trinajstić information content (AvgIpc) is 2.30. The lowest BCUT2D eigenvalue weighted by molar-refractivity contribution is -0.758. The summed E-state index contributed by atoms with van der Waals surface area (Å²) in [7, 11) is 2.04. The summed E-state index contributed by atoms with van der Waals surface area (Å²) in [6.45, 7) is 5.31. The fourth-order valence-corrected chi connectivity index (χ4v) is 2.00. The van der Waals surface area contributed by atoms with Crippen molar-refractivity contribution in [2.45, 2.75) is 44.8 Å². The van der Waals surface area contributed by atoms with Crippen LogP contribution in [0.25, 0.3) is 0 Å². The number of carbonyl (C=O) groups excluding carboxylic acids is 1. The van der Waals surface area contributed by atoms with Crippen LogP contribution >= 0.6 is 0 Å². The molecule has 0 saturated carbocycles. The Kier molecular flexibility index (Phi) is 6.00. The van der Waals surface area contributed by atoms with E-state index >= 15 is 0 Å². The molecule has 0 aliphatic carbocycles. The molecular weight excluding hydrogens is 266 g/mol. The summed E-state index contributed by atoms with van der Waals surface area (Å²) >= 11 is 0. The molecule has 1 aliphatic heterocycles. The number of rotatable bonds is 6. The zero-order valence-electron chi connectivity index (χ0n) is 12.3. The summed E-state index contributed by atoms with van der Waals surface area (Å²) in [5.41, 5.74) is -0.613. The second-order valence-corrected chi connectivity index (χ2v) is 5.72. The first kappa shape index (κ1) is 16.5. The van der Waals surface area contributed by atoms with Crippen LogP contribution in [0.5, 0.6) is 0 Å². The van der Waals surface area contributed by atoms with Crippen molar-refractivity contribution in [2.75, 3.05) is 26.7 Å². The number of nitrogens with zero attached hydrogens (tertiary/aromatic N) is 2. The molecule has 1 aliphatic rings. The normalized spacial score (nSPS) is 17.6. The lowest BCUT2D eigenvalue weighted by Gasteiger charge is -2.31. The Morgan fingerprint density at radius 1 is 1.45 bits per heavy atom. The fraction of sp³-hybridized carbons (Fsp3) is 0.917. The minimum Gasteiger partial charge on any atom is -0.446 e. The van der Waals surface area contributed by atoms with Crippen LogP contribution in [0.2, 0.25) is 0 Å². The van der Waals surface area contributed by atoms with Crippen molar-refractivity contribution >= 4 is 6.09 Å². The minimum absolute atomic E-state index is 0.0583. The Balaban J connectivity index is 2.27. The molecule has 0 bridgehead atoms. The van der Waals surface area contributed by atoms with E-state index in [0.29, 0.717) is 6.42 Å². The Hall–Kier alpha value is -1.57. The predicted molar refractivity (Wildman–Crippen MR) is 71.8 cm³/mol. The Morgan fingerprint density at radius 3 is 2.60 bits per heavy atom. The number of hydrogen-bond acceptors (Lipinski definition) is 6. The highest BCUT2D eigenvalue weighted by Gasteiger charge is 2.25. The Labute approximate surface area is 118 Å². The van der Waals surface area contributed by atoms with Gasteiger partial charge in [-0.25, -0.2) is 4.79 Å². The SMILES string of the molecule is CN1CCC(OC(=O)NC(C)(C)CCO[N+](=O)[O-])CC1. The number of carbonyl (C=O) groups is 1. The van der Waals surface area contributed by atoms with E-state index in [1.807, 2.05) is 7.05 Å². The molecule has 0 unspecified atom stereocenters. The topological polar surface area (TPSA) is 93.9 Å². The summed E-state index contributed by atoms with van der Waals surface area (Å²) in [5.74, 6) is 0. The van der Waals surface area contributed by atoms with Gasteiger partial charge in [-0.15, -0.1) is 10.1 Å². The largest absolute Gasteiger partial charge is 0.446 e. The maximum atomic E-state index is 11.8. The van der Waals surface area contributed by atoms with Crippen molar-refractivity contribution < 1.29 is 19.5 Å². The molecule has 0 atom stereocenters. The maximum Gasteiger partial charge on any atom is 0.407 e.